The van der Waals surface area contributed by atoms with E-state index in [9.17, 15) is 0 Å². The molecule has 0 aliphatic carbocycles. The second-order valence-electron chi connectivity index (χ2n) is 4.96. The lowest BCUT2D eigenvalue weighted by Crippen LogP contribution is -2.30. The summed E-state index contributed by atoms with van der Waals surface area (Å²) in [5.74, 6) is 5.78. The minimum atomic E-state index is 0.0559. The molecule has 0 saturated heterocycles. The van der Waals surface area contributed by atoms with E-state index >= 15 is 0 Å². The van der Waals surface area contributed by atoms with Crippen molar-refractivity contribution in [2.45, 2.75) is 26.3 Å². The molecule has 0 aliphatic heterocycles. The summed E-state index contributed by atoms with van der Waals surface area (Å²) in [4.78, 5) is 0. The van der Waals surface area contributed by atoms with Crippen molar-refractivity contribution in [1.82, 2.24) is 5.43 Å². The maximum absolute atomic E-state index is 6.11. The Morgan fingerprint density at radius 1 is 1.20 bits per heavy atom. The molecule has 20 heavy (non-hydrogen) atoms. The van der Waals surface area contributed by atoms with Gasteiger partial charge in [-0.25, -0.2) is 0 Å². The molecule has 2 aromatic rings. The first-order valence-corrected chi connectivity index (χ1v) is 7.94. The van der Waals surface area contributed by atoms with Crippen molar-refractivity contribution in [2.24, 2.45) is 5.84 Å². The molecule has 1 atom stereocenters. The molecule has 0 amide bonds. The third kappa shape index (κ3) is 3.52. The quantitative estimate of drug-likeness (QED) is 0.456. The Morgan fingerprint density at radius 3 is 2.45 bits per heavy atom. The molecule has 0 fully saturated rings. The standard InChI is InChI=1S/C16H18ClIN2/c1-10-4-3-5-11(2)13(10)9-16(20-19)14-8-12(17)6-7-15(14)18/h3-8,16,20H,9,19H2,1-2H3. The average Bonchev–Trinajstić information content (AvgIpc) is 2.42. The van der Waals surface area contributed by atoms with Crippen LogP contribution in [0.3, 0.4) is 0 Å². The number of nitrogens with two attached hydrogens (primary N) is 1. The maximum Gasteiger partial charge on any atom is 0.0511 e. The Balaban J connectivity index is 2.36. The zero-order valence-electron chi connectivity index (χ0n) is 11.6. The summed E-state index contributed by atoms with van der Waals surface area (Å²) in [6.45, 7) is 4.28. The summed E-state index contributed by atoms with van der Waals surface area (Å²) < 4.78 is 1.17. The number of hydrogen-bond donors (Lipinski definition) is 2. The van der Waals surface area contributed by atoms with Crippen LogP contribution in [0.15, 0.2) is 36.4 Å². The molecule has 0 aromatic heterocycles. The summed E-state index contributed by atoms with van der Waals surface area (Å²) in [6, 6.07) is 12.3. The van der Waals surface area contributed by atoms with Crippen LogP contribution in [0.25, 0.3) is 0 Å². The number of benzene rings is 2. The van der Waals surface area contributed by atoms with E-state index in [4.69, 9.17) is 17.4 Å². The SMILES string of the molecule is Cc1cccc(C)c1CC(NN)c1cc(Cl)ccc1I. The molecule has 2 aromatic carbocycles. The molecule has 4 heteroatoms. The van der Waals surface area contributed by atoms with E-state index in [1.807, 2.05) is 18.2 Å². The molecule has 2 rings (SSSR count). The topological polar surface area (TPSA) is 38.0 Å². The van der Waals surface area contributed by atoms with Gasteiger partial charge in [0.2, 0.25) is 0 Å². The highest BCUT2D eigenvalue weighted by molar-refractivity contribution is 14.1. The highest BCUT2D eigenvalue weighted by atomic mass is 127. The summed E-state index contributed by atoms with van der Waals surface area (Å²) in [6.07, 6.45) is 0.853. The van der Waals surface area contributed by atoms with Crippen molar-refractivity contribution in [3.05, 3.63) is 67.2 Å². The van der Waals surface area contributed by atoms with E-state index in [0.29, 0.717) is 0 Å². The fourth-order valence-corrected chi connectivity index (χ4v) is 3.31. The summed E-state index contributed by atoms with van der Waals surface area (Å²) in [7, 11) is 0. The first-order chi connectivity index (χ1) is 9.52. The summed E-state index contributed by atoms with van der Waals surface area (Å²) in [5, 5.41) is 0.738. The van der Waals surface area contributed by atoms with Crippen molar-refractivity contribution < 1.29 is 0 Å². The van der Waals surface area contributed by atoms with Gasteiger partial charge in [0.05, 0.1) is 6.04 Å². The molecule has 106 valence electrons. The number of rotatable bonds is 4. The van der Waals surface area contributed by atoms with E-state index in [0.717, 1.165) is 17.0 Å². The molecule has 0 heterocycles. The molecular weight excluding hydrogens is 383 g/mol. The molecule has 0 radical (unpaired) electrons. The minimum absolute atomic E-state index is 0.0559. The second-order valence-corrected chi connectivity index (χ2v) is 6.56. The van der Waals surface area contributed by atoms with E-state index in [-0.39, 0.29) is 6.04 Å². The number of nitrogens with one attached hydrogen (secondary N) is 1. The summed E-state index contributed by atoms with van der Waals surface area (Å²) in [5.41, 5.74) is 7.99. The molecular formula is C16H18ClIN2. The van der Waals surface area contributed by atoms with Crippen LogP contribution in [0.2, 0.25) is 5.02 Å². The minimum Gasteiger partial charge on any atom is -0.271 e. The lowest BCUT2D eigenvalue weighted by molar-refractivity contribution is 0.547. The zero-order valence-corrected chi connectivity index (χ0v) is 14.5. The van der Waals surface area contributed by atoms with Gasteiger partial charge in [0.1, 0.15) is 0 Å². The zero-order chi connectivity index (χ0) is 14.7. The number of halogens is 2. The normalized spacial score (nSPS) is 12.4. The monoisotopic (exact) mass is 400 g/mol. The van der Waals surface area contributed by atoms with Crippen LogP contribution in [0.1, 0.15) is 28.3 Å². The largest absolute Gasteiger partial charge is 0.271 e. The lowest BCUT2D eigenvalue weighted by Gasteiger charge is -2.20. The van der Waals surface area contributed by atoms with Gasteiger partial charge < -0.3 is 0 Å². The Bertz CT molecular complexity index is 593. The Morgan fingerprint density at radius 2 is 1.85 bits per heavy atom. The molecule has 3 N–H and O–H groups in total. The van der Waals surface area contributed by atoms with Gasteiger partial charge in [0, 0.05) is 8.59 Å². The second kappa shape index (κ2) is 6.89. The smallest absolute Gasteiger partial charge is 0.0511 e. The Hall–Kier alpha value is -0.620. The number of hydrogen-bond acceptors (Lipinski definition) is 2. The van der Waals surface area contributed by atoms with E-state index in [1.54, 1.807) is 0 Å². The van der Waals surface area contributed by atoms with Gasteiger partial charge in [-0.1, -0.05) is 29.8 Å². The van der Waals surface area contributed by atoms with Crippen molar-refractivity contribution in [3.63, 3.8) is 0 Å². The van der Waals surface area contributed by atoms with Crippen LogP contribution in [-0.4, -0.2) is 0 Å². The molecule has 2 nitrogen and oxygen atoms in total. The van der Waals surface area contributed by atoms with E-state index < -0.39 is 0 Å². The van der Waals surface area contributed by atoms with Gasteiger partial charge in [-0.15, -0.1) is 0 Å². The van der Waals surface area contributed by atoms with Crippen LogP contribution in [0.5, 0.6) is 0 Å². The molecule has 1 unspecified atom stereocenters. The fourth-order valence-electron chi connectivity index (χ4n) is 2.42. The van der Waals surface area contributed by atoms with Crippen molar-refractivity contribution in [3.8, 4) is 0 Å². The Kier molecular flexibility index (Phi) is 5.43. The van der Waals surface area contributed by atoms with Crippen LogP contribution in [0, 0.1) is 17.4 Å². The molecule has 0 aliphatic rings. The first kappa shape index (κ1) is 15.8. The number of aryl methyl sites for hydroxylation is 2. The van der Waals surface area contributed by atoms with Gasteiger partial charge in [-0.2, -0.15) is 0 Å². The number of hydrazine groups is 1. The predicted molar refractivity (Wildman–Crippen MR) is 93.9 cm³/mol. The Labute approximate surface area is 138 Å². The molecule has 0 spiro atoms. The van der Waals surface area contributed by atoms with Gasteiger partial charge in [-0.3, -0.25) is 11.3 Å². The van der Waals surface area contributed by atoms with Crippen LogP contribution >= 0.6 is 34.2 Å². The van der Waals surface area contributed by atoms with Crippen molar-refractivity contribution in [2.75, 3.05) is 0 Å². The third-order valence-electron chi connectivity index (χ3n) is 3.59. The predicted octanol–water partition coefficient (Wildman–Crippen LogP) is 4.31. The van der Waals surface area contributed by atoms with Gasteiger partial charge >= 0.3 is 0 Å². The first-order valence-electron chi connectivity index (χ1n) is 6.49. The van der Waals surface area contributed by atoms with Gasteiger partial charge in [-0.05, 0) is 83.3 Å². The molecule has 0 saturated carbocycles. The van der Waals surface area contributed by atoms with E-state index in [1.165, 1.54) is 20.3 Å². The summed E-state index contributed by atoms with van der Waals surface area (Å²) >= 11 is 8.43. The van der Waals surface area contributed by atoms with Crippen LogP contribution < -0.4 is 11.3 Å². The van der Waals surface area contributed by atoms with E-state index in [2.05, 4.69) is 60.1 Å². The van der Waals surface area contributed by atoms with Gasteiger partial charge in [0.15, 0.2) is 0 Å². The average molecular weight is 401 g/mol. The lowest BCUT2D eigenvalue weighted by atomic mass is 9.93. The fraction of sp³-hybridized carbons (Fsp3) is 0.250. The van der Waals surface area contributed by atoms with Crippen molar-refractivity contribution >= 4 is 34.2 Å². The van der Waals surface area contributed by atoms with Crippen molar-refractivity contribution in [1.29, 1.82) is 0 Å². The highest BCUT2D eigenvalue weighted by Crippen LogP contribution is 2.28. The third-order valence-corrected chi connectivity index (χ3v) is 4.80. The van der Waals surface area contributed by atoms with Crippen LogP contribution in [-0.2, 0) is 6.42 Å². The van der Waals surface area contributed by atoms with Crippen LogP contribution in [0.4, 0.5) is 0 Å². The molecule has 0 bridgehead atoms. The highest BCUT2D eigenvalue weighted by Gasteiger charge is 2.16. The van der Waals surface area contributed by atoms with Gasteiger partial charge in [0.25, 0.3) is 0 Å². The maximum atomic E-state index is 6.11.